The molecule has 144 valence electrons. The number of rotatable bonds is 4. The van der Waals surface area contributed by atoms with E-state index in [4.69, 9.17) is 9.47 Å². The van der Waals surface area contributed by atoms with Crippen LogP contribution in [0.4, 0.5) is 0 Å². The fourth-order valence-corrected chi connectivity index (χ4v) is 3.76. The fraction of sp³-hybridized carbons (Fsp3) is 1.00. The third kappa shape index (κ3) is 7.88. The summed E-state index contributed by atoms with van der Waals surface area (Å²) >= 11 is 9.17. The molecule has 0 aliphatic carbocycles. The zero-order valence-corrected chi connectivity index (χ0v) is 18.4. The Kier molecular flexibility index (Phi) is 10.7. The van der Waals surface area contributed by atoms with Gasteiger partial charge in [-0.2, -0.15) is 25.3 Å². The van der Waals surface area contributed by atoms with Crippen molar-refractivity contribution in [2.24, 2.45) is 23.7 Å². The van der Waals surface area contributed by atoms with Gasteiger partial charge in [0.2, 0.25) is 0 Å². The van der Waals surface area contributed by atoms with Crippen LogP contribution in [0, 0.1) is 23.7 Å². The third-order valence-electron chi connectivity index (χ3n) is 5.28. The second-order valence-electron chi connectivity index (χ2n) is 8.55. The van der Waals surface area contributed by atoms with Gasteiger partial charge >= 0.3 is 0 Å². The number of hydrogen-bond acceptors (Lipinski definition) is 4. The van der Waals surface area contributed by atoms with E-state index in [1.165, 1.54) is 25.7 Å². The van der Waals surface area contributed by atoms with Crippen LogP contribution >= 0.6 is 25.3 Å². The molecule has 0 aromatic heterocycles. The van der Waals surface area contributed by atoms with E-state index in [0.29, 0.717) is 34.5 Å². The largest absolute Gasteiger partial charge is 0.377 e. The van der Waals surface area contributed by atoms with Gasteiger partial charge in [0.1, 0.15) is 0 Å². The molecule has 0 aromatic rings. The van der Waals surface area contributed by atoms with Gasteiger partial charge in [0.05, 0.1) is 12.2 Å². The average molecular weight is 377 g/mol. The summed E-state index contributed by atoms with van der Waals surface area (Å²) in [6, 6.07) is 0. The lowest BCUT2D eigenvalue weighted by Gasteiger charge is -2.32. The lowest BCUT2D eigenvalue weighted by Crippen LogP contribution is -2.34. The summed E-state index contributed by atoms with van der Waals surface area (Å²) < 4.78 is 11.4. The first kappa shape index (κ1) is 22.7. The summed E-state index contributed by atoms with van der Waals surface area (Å²) in [4.78, 5) is 0. The number of hydrogen-bond donors (Lipinski definition) is 2. The van der Waals surface area contributed by atoms with Gasteiger partial charge in [0.25, 0.3) is 0 Å². The Balaban J connectivity index is 0.000000240. The summed E-state index contributed by atoms with van der Waals surface area (Å²) in [5, 5.41) is 0.820. The van der Waals surface area contributed by atoms with Gasteiger partial charge in [-0.3, -0.25) is 0 Å². The van der Waals surface area contributed by atoms with Gasteiger partial charge in [-0.1, -0.05) is 41.5 Å². The quantitative estimate of drug-likeness (QED) is 0.630. The van der Waals surface area contributed by atoms with Crippen LogP contribution in [0.2, 0.25) is 0 Å². The van der Waals surface area contributed by atoms with Crippen molar-refractivity contribution in [3.63, 3.8) is 0 Å². The molecule has 0 aromatic carbocycles. The van der Waals surface area contributed by atoms with Crippen molar-refractivity contribution in [3.05, 3.63) is 0 Å². The zero-order valence-electron chi connectivity index (χ0n) is 16.6. The van der Waals surface area contributed by atoms with Gasteiger partial charge < -0.3 is 9.47 Å². The van der Waals surface area contributed by atoms with Crippen molar-refractivity contribution in [3.8, 4) is 0 Å². The van der Waals surface area contributed by atoms with Crippen LogP contribution in [0.5, 0.6) is 0 Å². The predicted octanol–water partition coefficient (Wildman–Crippen LogP) is 5.51. The maximum absolute atomic E-state index is 5.70. The molecule has 6 atom stereocenters. The van der Waals surface area contributed by atoms with E-state index in [1.54, 1.807) is 0 Å². The average Bonchev–Trinajstić information content (AvgIpc) is 2.53. The number of thiol groups is 2. The monoisotopic (exact) mass is 376 g/mol. The molecule has 0 radical (unpaired) electrons. The minimum atomic E-state index is 0.386. The van der Waals surface area contributed by atoms with Crippen molar-refractivity contribution in [2.75, 3.05) is 13.2 Å². The molecule has 0 spiro atoms. The molecule has 0 amide bonds. The lowest BCUT2D eigenvalue weighted by atomic mass is 9.92. The van der Waals surface area contributed by atoms with Crippen molar-refractivity contribution >= 4 is 25.3 Å². The summed E-state index contributed by atoms with van der Waals surface area (Å²) in [6.45, 7) is 15.3. The van der Waals surface area contributed by atoms with Crippen LogP contribution in [-0.2, 0) is 9.47 Å². The molecule has 2 fully saturated rings. The first-order chi connectivity index (χ1) is 11.2. The van der Waals surface area contributed by atoms with E-state index < -0.39 is 0 Å². The highest BCUT2D eigenvalue weighted by Crippen LogP contribution is 2.28. The van der Waals surface area contributed by atoms with Gasteiger partial charge in [-0.05, 0) is 49.4 Å². The molecule has 0 saturated carbocycles. The summed E-state index contributed by atoms with van der Waals surface area (Å²) in [5.41, 5.74) is 0. The SMILES string of the molecule is CC(C)C(S)C1C[C@H](C)CCO1.CC1CCOC(C(S)C(C)C)C1. The van der Waals surface area contributed by atoms with Crippen LogP contribution in [0.3, 0.4) is 0 Å². The second kappa shape index (κ2) is 11.4. The first-order valence-corrected chi connectivity index (χ1v) is 10.8. The third-order valence-corrected chi connectivity index (χ3v) is 7.14. The highest BCUT2D eigenvalue weighted by atomic mass is 32.1. The zero-order chi connectivity index (χ0) is 18.3. The van der Waals surface area contributed by atoms with Crippen LogP contribution < -0.4 is 0 Å². The van der Waals surface area contributed by atoms with Crippen molar-refractivity contribution in [1.29, 1.82) is 0 Å². The summed E-state index contributed by atoms with van der Waals surface area (Å²) in [5.74, 6) is 2.86. The molecule has 2 rings (SSSR count). The predicted molar refractivity (Wildman–Crippen MR) is 112 cm³/mol. The van der Waals surface area contributed by atoms with Crippen LogP contribution in [0.25, 0.3) is 0 Å². The van der Waals surface area contributed by atoms with Gasteiger partial charge in [0.15, 0.2) is 0 Å². The maximum Gasteiger partial charge on any atom is 0.0696 e. The molecule has 0 N–H and O–H groups in total. The first-order valence-electron chi connectivity index (χ1n) is 9.81. The second-order valence-corrected chi connectivity index (χ2v) is 9.74. The standard InChI is InChI=1S/2C10H20OS/c2*1-7(2)10(12)9-6-8(3)4-5-11-9/h2*7-10,12H,4-6H2,1-3H3/t8-,9?,10?;/m1./s1. The smallest absolute Gasteiger partial charge is 0.0696 e. The molecule has 2 heterocycles. The van der Waals surface area contributed by atoms with E-state index >= 15 is 0 Å². The van der Waals surface area contributed by atoms with Crippen molar-refractivity contribution in [1.82, 2.24) is 0 Å². The Morgan fingerprint density at radius 1 is 0.708 bits per heavy atom. The molecule has 5 unspecified atom stereocenters. The molecular formula is C20H40O2S2. The Labute approximate surface area is 161 Å². The van der Waals surface area contributed by atoms with Crippen LogP contribution in [-0.4, -0.2) is 35.9 Å². The summed E-state index contributed by atoms with van der Waals surface area (Å²) in [6.07, 6.45) is 5.58. The Hall–Kier alpha value is 0.620. The van der Waals surface area contributed by atoms with Gasteiger partial charge in [-0.25, -0.2) is 0 Å². The Morgan fingerprint density at radius 2 is 1.04 bits per heavy atom. The number of ether oxygens (including phenoxy) is 2. The van der Waals surface area contributed by atoms with E-state index in [9.17, 15) is 0 Å². The topological polar surface area (TPSA) is 18.5 Å². The molecule has 2 aliphatic heterocycles. The molecular weight excluding hydrogens is 336 g/mol. The highest BCUT2D eigenvalue weighted by molar-refractivity contribution is 7.81. The molecule has 4 heteroatoms. The maximum atomic E-state index is 5.70. The van der Waals surface area contributed by atoms with E-state index in [0.717, 1.165) is 25.0 Å². The Morgan fingerprint density at radius 3 is 1.29 bits per heavy atom. The Bertz CT molecular complexity index is 304. The minimum absolute atomic E-state index is 0.386. The van der Waals surface area contributed by atoms with Gasteiger partial charge in [-0.15, -0.1) is 0 Å². The van der Waals surface area contributed by atoms with E-state index in [-0.39, 0.29) is 0 Å². The lowest BCUT2D eigenvalue weighted by molar-refractivity contribution is -0.0113. The van der Waals surface area contributed by atoms with E-state index in [1.807, 2.05) is 0 Å². The molecule has 2 saturated heterocycles. The van der Waals surface area contributed by atoms with Crippen LogP contribution in [0.1, 0.15) is 67.2 Å². The van der Waals surface area contributed by atoms with Crippen molar-refractivity contribution < 1.29 is 9.47 Å². The summed E-state index contributed by atoms with van der Waals surface area (Å²) in [7, 11) is 0. The molecule has 24 heavy (non-hydrogen) atoms. The fourth-order valence-electron chi connectivity index (χ4n) is 3.34. The normalized spacial score (nSPS) is 33.8. The highest BCUT2D eigenvalue weighted by Gasteiger charge is 2.27. The van der Waals surface area contributed by atoms with Crippen molar-refractivity contribution in [2.45, 2.75) is 89.9 Å². The molecule has 0 bridgehead atoms. The van der Waals surface area contributed by atoms with E-state index in [2.05, 4.69) is 66.8 Å². The van der Waals surface area contributed by atoms with Crippen LogP contribution in [0.15, 0.2) is 0 Å². The minimum Gasteiger partial charge on any atom is -0.377 e. The molecule has 2 aliphatic rings. The molecule has 2 nitrogen and oxygen atoms in total. The van der Waals surface area contributed by atoms with Gasteiger partial charge in [0, 0.05) is 23.7 Å².